The van der Waals surface area contributed by atoms with Crippen molar-refractivity contribution in [2.24, 2.45) is 0 Å². The first-order chi connectivity index (χ1) is 8.29. The van der Waals surface area contributed by atoms with Gasteiger partial charge in [-0.2, -0.15) is 13.2 Å². The summed E-state index contributed by atoms with van der Waals surface area (Å²) >= 11 is 0. The SMILES string of the molecule is COCCn1c(C)c(C(=O)C(F)(F)F)ccc1=O. The highest BCUT2D eigenvalue weighted by Gasteiger charge is 2.40. The van der Waals surface area contributed by atoms with Crippen LogP contribution in [0.1, 0.15) is 16.1 Å². The molecule has 0 radical (unpaired) electrons. The van der Waals surface area contributed by atoms with Gasteiger partial charge in [0.05, 0.1) is 6.61 Å². The van der Waals surface area contributed by atoms with Crippen molar-refractivity contribution in [3.05, 3.63) is 33.7 Å². The van der Waals surface area contributed by atoms with Gasteiger partial charge in [0.2, 0.25) is 0 Å². The van der Waals surface area contributed by atoms with Gasteiger partial charge in [-0.05, 0) is 13.0 Å². The van der Waals surface area contributed by atoms with Crippen LogP contribution < -0.4 is 5.56 Å². The molecule has 0 aliphatic carbocycles. The Labute approximate surface area is 101 Å². The van der Waals surface area contributed by atoms with Crippen LogP contribution in [0.5, 0.6) is 0 Å². The minimum Gasteiger partial charge on any atom is -0.383 e. The van der Waals surface area contributed by atoms with Crippen LogP contribution in [0, 0.1) is 6.92 Å². The molecule has 7 heteroatoms. The van der Waals surface area contributed by atoms with Crippen molar-refractivity contribution in [1.29, 1.82) is 0 Å². The van der Waals surface area contributed by atoms with Gasteiger partial charge < -0.3 is 9.30 Å². The first-order valence-corrected chi connectivity index (χ1v) is 5.10. The second-order valence-electron chi connectivity index (χ2n) is 3.64. The standard InChI is InChI=1S/C11H12F3NO3/c1-7-8(10(17)11(12,13)14)3-4-9(16)15(7)5-6-18-2/h3-4H,5-6H2,1-2H3. The lowest BCUT2D eigenvalue weighted by Crippen LogP contribution is -2.30. The molecule has 1 rings (SSSR count). The summed E-state index contributed by atoms with van der Waals surface area (Å²) < 4.78 is 42.9. The van der Waals surface area contributed by atoms with E-state index >= 15 is 0 Å². The van der Waals surface area contributed by atoms with E-state index in [0.717, 1.165) is 16.7 Å². The summed E-state index contributed by atoms with van der Waals surface area (Å²) in [6.45, 7) is 1.57. The Kier molecular flexibility index (Phi) is 4.28. The molecule has 0 aliphatic rings. The number of carbonyl (C=O) groups excluding carboxylic acids is 1. The van der Waals surface area contributed by atoms with Crippen LogP contribution in [-0.4, -0.2) is 30.2 Å². The van der Waals surface area contributed by atoms with Gasteiger partial charge in [0.1, 0.15) is 0 Å². The van der Waals surface area contributed by atoms with Crippen molar-refractivity contribution < 1.29 is 22.7 Å². The first-order valence-electron chi connectivity index (χ1n) is 5.10. The first kappa shape index (κ1) is 14.4. The molecule has 0 amide bonds. The largest absolute Gasteiger partial charge is 0.454 e. The van der Waals surface area contributed by atoms with E-state index in [2.05, 4.69) is 0 Å². The van der Waals surface area contributed by atoms with Crippen LogP contribution in [0.3, 0.4) is 0 Å². The summed E-state index contributed by atoms with van der Waals surface area (Å²) in [7, 11) is 1.41. The third-order valence-corrected chi connectivity index (χ3v) is 2.47. The Hall–Kier alpha value is -1.63. The van der Waals surface area contributed by atoms with Gasteiger partial charge in [-0.25, -0.2) is 0 Å². The molecule has 0 spiro atoms. The number of methoxy groups -OCH3 is 1. The number of nitrogens with zero attached hydrogens (tertiary/aromatic N) is 1. The molecule has 0 saturated carbocycles. The number of ether oxygens (including phenoxy) is 1. The normalized spacial score (nSPS) is 11.6. The van der Waals surface area contributed by atoms with E-state index in [1.165, 1.54) is 14.0 Å². The zero-order chi connectivity index (χ0) is 13.9. The number of rotatable bonds is 4. The summed E-state index contributed by atoms with van der Waals surface area (Å²) in [6.07, 6.45) is -4.95. The van der Waals surface area contributed by atoms with Crippen molar-refractivity contribution in [2.75, 3.05) is 13.7 Å². The minimum atomic E-state index is -4.95. The van der Waals surface area contributed by atoms with Crippen molar-refractivity contribution in [3.8, 4) is 0 Å². The van der Waals surface area contributed by atoms with Crippen LogP contribution in [0.15, 0.2) is 16.9 Å². The predicted octanol–water partition coefficient (Wildman–Crippen LogP) is 1.55. The third-order valence-electron chi connectivity index (χ3n) is 2.47. The molecular formula is C11H12F3NO3. The maximum atomic E-state index is 12.3. The summed E-state index contributed by atoms with van der Waals surface area (Å²) in [5.41, 5.74) is -0.997. The Morgan fingerprint density at radius 3 is 2.50 bits per heavy atom. The number of alkyl halides is 3. The van der Waals surface area contributed by atoms with Gasteiger partial charge in [-0.1, -0.05) is 0 Å². The summed E-state index contributed by atoms with van der Waals surface area (Å²) in [5, 5.41) is 0. The number of Topliss-reactive ketones (excluding diaryl/α,β-unsaturated/α-hetero) is 1. The topological polar surface area (TPSA) is 48.3 Å². The Balaban J connectivity index is 3.24. The lowest BCUT2D eigenvalue weighted by Gasteiger charge is -2.13. The van der Waals surface area contributed by atoms with Gasteiger partial charge in [0.15, 0.2) is 0 Å². The van der Waals surface area contributed by atoms with E-state index in [1.54, 1.807) is 0 Å². The molecule has 0 N–H and O–H groups in total. The summed E-state index contributed by atoms with van der Waals surface area (Å²) in [5.74, 6) is -1.95. The Morgan fingerprint density at radius 1 is 1.39 bits per heavy atom. The average Bonchev–Trinajstić information content (AvgIpc) is 2.27. The van der Waals surface area contributed by atoms with Gasteiger partial charge in [0, 0.05) is 31.0 Å². The molecule has 0 aliphatic heterocycles. The number of halogens is 3. The molecular weight excluding hydrogens is 251 g/mol. The Morgan fingerprint density at radius 2 is 2.00 bits per heavy atom. The van der Waals surface area contributed by atoms with Gasteiger partial charge >= 0.3 is 6.18 Å². The van der Waals surface area contributed by atoms with Gasteiger partial charge in [-0.15, -0.1) is 0 Å². The zero-order valence-corrected chi connectivity index (χ0v) is 9.87. The second-order valence-corrected chi connectivity index (χ2v) is 3.64. The van der Waals surface area contributed by atoms with Crippen LogP contribution in [0.25, 0.3) is 0 Å². The number of ketones is 1. The smallest absolute Gasteiger partial charge is 0.383 e. The number of pyridine rings is 1. The lowest BCUT2D eigenvalue weighted by atomic mass is 10.1. The Bertz CT molecular complexity index is 505. The molecule has 1 heterocycles. The summed E-state index contributed by atoms with van der Waals surface area (Å²) in [6, 6.07) is 1.85. The minimum absolute atomic E-state index is 0.0122. The monoisotopic (exact) mass is 263 g/mol. The fourth-order valence-electron chi connectivity index (χ4n) is 1.53. The number of carbonyl (C=O) groups is 1. The maximum Gasteiger partial charge on any atom is 0.454 e. The molecule has 0 atom stereocenters. The van der Waals surface area contributed by atoms with Crippen molar-refractivity contribution in [2.45, 2.75) is 19.6 Å². The zero-order valence-electron chi connectivity index (χ0n) is 9.87. The van der Waals surface area contributed by atoms with E-state index in [4.69, 9.17) is 4.74 Å². The highest BCUT2D eigenvalue weighted by Crippen LogP contribution is 2.22. The molecule has 4 nitrogen and oxygen atoms in total. The number of aromatic nitrogens is 1. The fraction of sp³-hybridized carbons (Fsp3) is 0.455. The molecule has 0 saturated heterocycles. The highest BCUT2D eigenvalue weighted by atomic mass is 19.4. The lowest BCUT2D eigenvalue weighted by molar-refractivity contribution is -0.0886. The van der Waals surface area contributed by atoms with Crippen LogP contribution >= 0.6 is 0 Å². The molecule has 0 unspecified atom stereocenters. The van der Waals surface area contributed by atoms with Gasteiger partial charge in [-0.3, -0.25) is 9.59 Å². The van der Waals surface area contributed by atoms with Crippen LogP contribution in [-0.2, 0) is 11.3 Å². The van der Waals surface area contributed by atoms with Crippen molar-refractivity contribution >= 4 is 5.78 Å². The van der Waals surface area contributed by atoms with E-state index in [1.807, 2.05) is 0 Å². The van der Waals surface area contributed by atoms with Gasteiger partial charge in [0.25, 0.3) is 11.3 Å². The molecule has 0 aromatic carbocycles. The van der Waals surface area contributed by atoms with E-state index < -0.39 is 23.1 Å². The molecule has 0 fully saturated rings. The van der Waals surface area contributed by atoms with E-state index in [-0.39, 0.29) is 18.8 Å². The number of hydrogen-bond acceptors (Lipinski definition) is 3. The molecule has 0 bridgehead atoms. The number of hydrogen-bond donors (Lipinski definition) is 0. The molecule has 1 aromatic heterocycles. The highest BCUT2D eigenvalue weighted by molar-refractivity contribution is 6.01. The third kappa shape index (κ3) is 2.98. The van der Waals surface area contributed by atoms with Crippen LogP contribution in [0.2, 0.25) is 0 Å². The second kappa shape index (κ2) is 5.34. The van der Waals surface area contributed by atoms with E-state index in [9.17, 15) is 22.8 Å². The summed E-state index contributed by atoms with van der Waals surface area (Å²) in [4.78, 5) is 22.6. The maximum absolute atomic E-state index is 12.3. The quantitative estimate of drug-likeness (QED) is 0.774. The van der Waals surface area contributed by atoms with Crippen LogP contribution in [0.4, 0.5) is 13.2 Å². The van der Waals surface area contributed by atoms with Crippen molar-refractivity contribution in [3.63, 3.8) is 0 Å². The molecule has 1 aromatic rings. The molecule has 18 heavy (non-hydrogen) atoms. The van der Waals surface area contributed by atoms with E-state index in [0.29, 0.717) is 0 Å². The fourth-order valence-corrected chi connectivity index (χ4v) is 1.53. The van der Waals surface area contributed by atoms with Crippen molar-refractivity contribution in [1.82, 2.24) is 4.57 Å². The average molecular weight is 263 g/mol. The predicted molar refractivity (Wildman–Crippen MR) is 57.7 cm³/mol. The molecule has 100 valence electrons.